The van der Waals surface area contributed by atoms with Crippen LogP contribution in [-0.2, 0) is 6.54 Å². The Labute approximate surface area is 206 Å². The van der Waals surface area contributed by atoms with Gasteiger partial charge in [-0.15, -0.1) is 15.3 Å². The van der Waals surface area contributed by atoms with E-state index < -0.39 is 12.3 Å². The lowest BCUT2D eigenvalue weighted by molar-refractivity contribution is 0.116. The average molecular weight is 498 g/mol. The predicted octanol–water partition coefficient (Wildman–Crippen LogP) is 4.65. The van der Waals surface area contributed by atoms with Crippen molar-refractivity contribution < 1.29 is 17.6 Å². The van der Waals surface area contributed by atoms with Crippen molar-refractivity contribution in [3.8, 4) is 22.7 Å². The zero-order valence-electron chi connectivity index (χ0n) is 20.0. The second kappa shape index (κ2) is 10.1. The van der Waals surface area contributed by atoms with Crippen molar-refractivity contribution in [2.24, 2.45) is 0 Å². The second-order valence-electron chi connectivity index (χ2n) is 9.03. The largest absolute Gasteiger partial charge is 0.415 e. The molecule has 0 aliphatic carbocycles. The van der Waals surface area contributed by atoms with Gasteiger partial charge in [-0.2, -0.15) is 8.78 Å². The fourth-order valence-electron chi connectivity index (χ4n) is 4.28. The van der Waals surface area contributed by atoms with Crippen LogP contribution >= 0.6 is 0 Å². The Bertz CT molecular complexity index is 1310. The van der Waals surface area contributed by atoms with Crippen LogP contribution in [0, 0.1) is 5.82 Å². The number of piperazine rings is 1. The minimum Gasteiger partial charge on any atom is -0.415 e. The van der Waals surface area contributed by atoms with Crippen molar-refractivity contribution in [1.29, 1.82) is 0 Å². The van der Waals surface area contributed by atoms with E-state index in [1.807, 2.05) is 12.1 Å². The third kappa shape index (κ3) is 5.11. The van der Waals surface area contributed by atoms with E-state index in [9.17, 15) is 13.2 Å². The van der Waals surface area contributed by atoms with E-state index in [-0.39, 0.29) is 11.7 Å². The monoisotopic (exact) mass is 497 g/mol. The maximum absolute atomic E-state index is 14.7. The fraction of sp³-hybridized carbons (Fsp3) is 0.360. The molecule has 0 bridgehead atoms. The quantitative estimate of drug-likeness (QED) is 0.368. The van der Waals surface area contributed by atoms with E-state index in [0.717, 1.165) is 37.4 Å². The number of nitrogens with zero attached hydrogens (tertiary/aromatic N) is 7. The molecule has 36 heavy (non-hydrogen) atoms. The Kier molecular flexibility index (Phi) is 6.73. The first kappa shape index (κ1) is 24.0. The van der Waals surface area contributed by atoms with Crippen molar-refractivity contribution >= 4 is 5.69 Å². The molecule has 2 aromatic heterocycles. The Morgan fingerprint density at radius 2 is 1.69 bits per heavy atom. The van der Waals surface area contributed by atoms with Gasteiger partial charge in [-0.1, -0.05) is 17.3 Å². The number of hydrogen-bond acceptors (Lipinski definition) is 7. The minimum absolute atomic E-state index is 0.0286. The summed E-state index contributed by atoms with van der Waals surface area (Å²) in [4.78, 5) is 4.70. The van der Waals surface area contributed by atoms with Gasteiger partial charge in [0, 0.05) is 49.0 Å². The van der Waals surface area contributed by atoms with Crippen LogP contribution < -0.4 is 4.90 Å². The summed E-state index contributed by atoms with van der Waals surface area (Å²) in [5.74, 6) is -1.03. The van der Waals surface area contributed by atoms with Gasteiger partial charge in [0.25, 0.3) is 5.89 Å². The molecule has 5 rings (SSSR count). The summed E-state index contributed by atoms with van der Waals surface area (Å²) in [5, 5.41) is 15.3. The Hall–Kier alpha value is -3.73. The summed E-state index contributed by atoms with van der Waals surface area (Å²) < 4.78 is 46.7. The molecule has 1 aliphatic heterocycles. The van der Waals surface area contributed by atoms with Gasteiger partial charge in [-0.05, 0) is 49.7 Å². The summed E-state index contributed by atoms with van der Waals surface area (Å²) in [6.07, 6.45) is -1.10. The highest BCUT2D eigenvalue weighted by Gasteiger charge is 2.21. The van der Waals surface area contributed by atoms with Crippen LogP contribution in [0.1, 0.15) is 31.7 Å². The van der Waals surface area contributed by atoms with Crippen molar-refractivity contribution in [3.63, 3.8) is 0 Å². The van der Waals surface area contributed by atoms with E-state index in [4.69, 9.17) is 4.42 Å². The van der Waals surface area contributed by atoms with Gasteiger partial charge in [0.15, 0.2) is 0 Å². The van der Waals surface area contributed by atoms with E-state index >= 15 is 0 Å². The van der Waals surface area contributed by atoms with E-state index in [2.05, 4.69) is 44.2 Å². The topological polar surface area (TPSA) is 76.1 Å². The van der Waals surface area contributed by atoms with Gasteiger partial charge >= 0.3 is 6.43 Å². The molecule has 0 N–H and O–H groups in total. The lowest BCUT2D eigenvalue weighted by atomic mass is 10.1. The first-order valence-electron chi connectivity index (χ1n) is 11.8. The van der Waals surface area contributed by atoms with Crippen molar-refractivity contribution in [2.45, 2.75) is 32.9 Å². The molecule has 11 heteroatoms. The molecule has 0 unspecified atom stereocenters. The number of anilines is 1. The molecule has 1 fully saturated rings. The van der Waals surface area contributed by atoms with Crippen LogP contribution in [0.25, 0.3) is 22.7 Å². The third-order valence-electron chi connectivity index (χ3n) is 6.35. The van der Waals surface area contributed by atoms with E-state index in [1.165, 1.54) is 6.07 Å². The number of rotatable bonds is 7. The molecule has 0 atom stereocenters. The first-order valence-corrected chi connectivity index (χ1v) is 11.8. The van der Waals surface area contributed by atoms with Crippen LogP contribution in [-0.4, -0.2) is 62.3 Å². The maximum atomic E-state index is 14.7. The molecule has 1 saturated heterocycles. The molecule has 8 nitrogen and oxygen atoms in total. The van der Waals surface area contributed by atoms with Gasteiger partial charge in [0.2, 0.25) is 5.89 Å². The molecule has 2 aromatic carbocycles. The third-order valence-corrected chi connectivity index (χ3v) is 6.35. The van der Waals surface area contributed by atoms with Gasteiger partial charge in [0.05, 0.1) is 12.7 Å². The molecule has 1 aliphatic rings. The van der Waals surface area contributed by atoms with Crippen molar-refractivity contribution in [3.05, 3.63) is 65.9 Å². The van der Waals surface area contributed by atoms with E-state index in [1.54, 1.807) is 35.1 Å². The minimum atomic E-state index is -2.81. The lowest BCUT2D eigenvalue weighted by Crippen LogP contribution is -2.48. The highest BCUT2D eigenvalue weighted by Crippen LogP contribution is 2.28. The normalized spacial score (nSPS) is 14.8. The summed E-state index contributed by atoms with van der Waals surface area (Å²) in [6, 6.07) is 12.7. The summed E-state index contributed by atoms with van der Waals surface area (Å²) in [7, 11) is 0. The number of aromatic nitrogens is 5. The summed E-state index contributed by atoms with van der Waals surface area (Å²) in [6.45, 7) is 8.51. The van der Waals surface area contributed by atoms with Gasteiger partial charge in [-0.3, -0.25) is 4.90 Å². The van der Waals surface area contributed by atoms with Crippen LogP contribution in [0.2, 0.25) is 0 Å². The molecule has 0 spiro atoms. The number of hydrogen-bond donors (Lipinski definition) is 0. The van der Waals surface area contributed by atoms with Gasteiger partial charge < -0.3 is 9.32 Å². The Balaban J connectivity index is 1.28. The van der Waals surface area contributed by atoms with E-state index in [0.29, 0.717) is 29.4 Å². The number of halogens is 3. The fourth-order valence-corrected chi connectivity index (χ4v) is 4.28. The second-order valence-corrected chi connectivity index (χ2v) is 9.03. The highest BCUT2D eigenvalue weighted by atomic mass is 19.3. The summed E-state index contributed by atoms with van der Waals surface area (Å²) in [5.41, 5.74) is 3.26. The molecule has 0 radical (unpaired) electrons. The van der Waals surface area contributed by atoms with Crippen molar-refractivity contribution in [2.75, 3.05) is 31.1 Å². The molecule has 0 saturated carbocycles. The molecular formula is C25H26F3N7O. The molecular weight excluding hydrogens is 471 g/mol. The average Bonchev–Trinajstić information content (AvgIpc) is 3.55. The van der Waals surface area contributed by atoms with Gasteiger partial charge in [-0.25, -0.2) is 9.07 Å². The smallest absolute Gasteiger partial charge is 0.314 e. The zero-order chi connectivity index (χ0) is 25.2. The number of alkyl halides is 2. The molecule has 188 valence electrons. The molecule has 4 aromatic rings. The zero-order valence-corrected chi connectivity index (χ0v) is 20.0. The highest BCUT2D eigenvalue weighted by molar-refractivity contribution is 5.66. The Morgan fingerprint density at radius 3 is 2.36 bits per heavy atom. The van der Waals surface area contributed by atoms with Crippen LogP contribution in [0.15, 0.2) is 53.1 Å². The van der Waals surface area contributed by atoms with Crippen LogP contribution in [0.3, 0.4) is 0 Å². The summed E-state index contributed by atoms with van der Waals surface area (Å²) >= 11 is 0. The van der Waals surface area contributed by atoms with Crippen LogP contribution in [0.5, 0.6) is 0 Å². The SMILES string of the molecule is CC(C)N1CCN(c2ccc(F)c(-c3cn(Cc4ccc(-c5nnc(C(F)F)o5)cc4)nn3)c2)CC1. The molecule has 0 amide bonds. The first-order chi connectivity index (χ1) is 17.4. The van der Waals surface area contributed by atoms with Crippen molar-refractivity contribution in [1.82, 2.24) is 30.1 Å². The van der Waals surface area contributed by atoms with Crippen LogP contribution in [0.4, 0.5) is 18.9 Å². The van der Waals surface area contributed by atoms with Gasteiger partial charge in [0.1, 0.15) is 11.5 Å². The maximum Gasteiger partial charge on any atom is 0.314 e. The Morgan fingerprint density at radius 1 is 0.944 bits per heavy atom. The standard InChI is InChI=1S/C25H26F3N7O/c1-16(2)33-9-11-34(12-10-33)19-7-8-21(26)20(13-19)22-15-35(32-29-22)14-17-3-5-18(6-4-17)24-30-31-25(36-24)23(27)28/h3-8,13,15-16,23H,9-12,14H2,1-2H3. The molecule has 3 heterocycles. The lowest BCUT2D eigenvalue weighted by Gasteiger charge is -2.38. The number of benzene rings is 2. The predicted molar refractivity (Wildman–Crippen MR) is 128 cm³/mol.